The van der Waals surface area contributed by atoms with Gasteiger partial charge in [0.1, 0.15) is 22.5 Å². The van der Waals surface area contributed by atoms with E-state index in [2.05, 4.69) is 0 Å². The van der Waals surface area contributed by atoms with Crippen molar-refractivity contribution >= 4 is 52.8 Å². The molecule has 0 N–H and O–H groups in total. The van der Waals surface area contributed by atoms with E-state index in [9.17, 15) is 38.4 Å². The average Bonchev–Trinajstić information content (AvgIpc) is 3.00. The highest BCUT2D eigenvalue weighted by Gasteiger charge is 2.49. The number of fused-ring (bicyclic) bond motifs is 1. The first kappa shape index (κ1) is 38.5. The fourth-order valence-corrected chi connectivity index (χ4v) is 5.05. The molecule has 0 bridgehead atoms. The Kier molecular flexibility index (Phi) is 12.0. The lowest BCUT2D eigenvalue weighted by Gasteiger charge is -2.40. The van der Waals surface area contributed by atoms with Gasteiger partial charge in [0.25, 0.3) is 0 Å². The van der Waals surface area contributed by atoms with Crippen molar-refractivity contribution in [1.82, 2.24) is 0 Å². The van der Waals surface area contributed by atoms with Crippen molar-refractivity contribution in [3.8, 4) is 40.1 Å². The molecule has 1 fully saturated rings. The molecule has 1 aliphatic rings. The molecule has 0 amide bonds. The summed E-state index contributed by atoms with van der Waals surface area (Å²) in [7, 11) is 0. The zero-order valence-corrected chi connectivity index (χ0v) is 28.8. The molecule has 1 aliphatic heterocycles. The Balaban J connectivity index is 2.02. The lowest BCUT2D eigenvalue weighted by atomic mass is 10.0. The summed E-state index contributed by atoms with van der Waals surface area (Å²) in [6, 6.07) is 5.93. The van der Waals surface area contributed by atoms with Crippen molar-refractivity contribution in [2.45, 2.75) is 73.1 Å². The van der Waals surface area contributed by atoms with Crippen LogP contribution in [0.25, 0.3) is 22.3 Å². The second kappa shape index (κ2) is 16.2. The molecule has 4 atom stereocenters. The molecule has 1 saturated heterocycles. The third-order valence-corrected chi connectivity index (χ3v) is 6.66. The van der Waals surface area contributed by atoms with Crippen LogP contribution >= 0.6 is 0 Å². The van der Waals surface area contributed by atoms with Crippen LogP contribution in [0.2, 0.25) is 0 Å². The Bertz CT molecular complexity index is 2010. The predicted molar refractivity (Wildman–Crippen MR) is 170 cm³/mol. The molecule has 0 spiro atoms. The number of rotatable bonds is 10. The molecule has 276 valence electrons. The second-order valence-electron chi connectivity index (χ2n) is 11.0. The lowest BCUT2D eigenvalue weighted by molar-refractivity contribution is -0.260. The highest BCUT2D eigenvalue weighted by Crippen LogP contribution is 2.41. The number of ether oxygens (including phenoxy) is 9. The van der Waals surface area contributed by atoms with Gasteiger partial charge in [0, 0.05) is 66.2 Å². The molecular formula is C34H32O18. The molecule has 0 unspecified atom stereocenters. The molecule has 18 heteroatoms. The van der Waals surface area contributed by atoms with Crippen molar-refractivity contribution in [3.05, 3.63) is 40.6 Å². The second-order valence-corrected chi connectivity index (χ2v) is 11.0. The van der Waals surface area contributed by atoms with Gasteiger partial charge in [0.05, 0.1) is 6.61 Å². The fraction of sp³-hybridized carbons (Fsp3) is 0.353. The number of carbonyl (C=O) groups excluding carboxylic acids is 7. The highest BCUT2D eigenvalue weighted by molar-refractivity contribution is 5.91. The molecule has 1 aromatic heterocycles. The van der Waals surface area contributed by atoms with E-state index in [0.29, 0.717) is 0 Å². The van der Waals surface area contributed by atoms with Gasteiger partial charge in [-0.2, -0.15) is 0 Å². The Morgan fingerprint density at radius 3 is 1.75 bits per heavy atom. The minimum absolute atomic E-state index is 0.0396. The summed E-state index contributed by atoms with van der Waals surface area (Å²) >= 11 is 0. The van der Waals surface area contributed by atoms with Crippen LogP contribution in [0.4, 0.5) is 0 Å². The van der Waals surface area contributed by atoms with Gasteiger partial charge in [-0.15, -0.1) is 0 Å². The van der Waals surface area contributed by atoms with Gasteiger partial charge in [0.2, 0.25) is 23.6 Å². The number of carbonyl (C=O) groups is 7. The summed E-state index contributed by atoms with van der Waals surface area (Å²) in [4.78, 5) is 98.3. The van der Waals surface area contributed by atoms with E-state index in [1.54, 1.807) is 0 Å². The van der Waals surface area contributed by atoms with Gasteiger partial charge in [-0.05, 0) is 18.2 Å². The van der Waals surface area contributed by atoms with Crippen LogP contribution in [-0.2, 0) is 52.5 Å². The summed E-state index contributed by atoms with van der Waals surface area (Å²) in [6.07, 6.45) is -6.20. The van der Waals surface area contributed by atoms with E-state index in [4.69, 9.17) is 47.0 Å². The van der Waals surface area contributed by atoms with E-state index >= 15 is 0 Å². The topological polar surface area (TPSA) is 233 Å². The van der Waals surface area contributed by atoms with Gasteiger partial charge >= 0.3 is 41.8 Å². The first-order valence-corrected chi connectivity index (χ1v) is 15.3. The van der Waals surface area contributed by atoms with Crippen molar-refractivity contribution in [3.63, 3.8) is 0 Å². The van der Waals surface area contributed by atoms with Crippen molar-refractivity contribution in [1.29, 1.82) is 0 Å². The fourth-order valence-electron chi connectivity index (χ4n) is 5.05. The largest absolute Gasteiger partial charge is 0.456 e. The maximum atomic E-state index is 14.4. The Morgan fingerprint density at radius 1 is 0.615 bits per heavy atom. The molecule has 0 aliphatic carbocycles. The first-order chi connectivity index (χ1) is 24.4. The minimum atomic E-state index is -1.76. The zero-order valence-electron chi connectivity index (χ0n) is 28.8. The van der Waals surface area contributed by atoms with Crippen molar-refractivity contribution < 1.29 is 80.6 Å². The standard InChI is InChI=1S/C34H32O18/c1-14(35)44-22-11-25(47-17(4)38)28-26(12-22)51-30(21-8-9-23(45-15(2)36)24(10-21)46-16(3)37)32(29(28)42)52-34-33(50-20(7)41)31(49-19(6)40)27(13-43-34)48-18(5)39/h8-12,27,31,33-34H,13H2,1-7H3/t27-,31-,33+,34-/m0/s1. The van der Waals surface area contributed by atoms with E-state index in [0.717, 1.165) is 60.6 Å². The number of hydrogen-bond acceptors (Lipinski definition) is 18. The summed E-state index contributed by atoms with van der Waals surface area (Å²) in [5.74, 6) is -7.88. The Labute approximate surface area is 293 Å². The Hall–Kier alpha value is -6.30. The van der Waals surface area contributed by atoms with Crippen LogP contribution in [0.1, 0.15) is 48.5 Å². The van der Waals surface area contributed by atoms with Gasteiger partial charge in [-0.25, -0.2) is 0 Å². The van der Waals surface area contributed by atoms with Crippen molar-refractivity contribution in [2.75, 3.05) is 6.61 Å². The summed E-state index contributed by atoms with van der Waals surface area (Å²) in [5, 5.41) is -0.393. The van der Waals surface area contributed by atoms with Gasteiger partial charge < -0.3 is 47.0 Å². The van der Waals surface area contributed by atoms with E-state index in [-0.39, 0.29) is 28.4 Å². The molecule has 18 nitrogen and oxygen atoms in total. The van der Waals surface area contributed by atoms with Gasteiger partial charge in [-0.3, -0.25) is 38.4 Å². The normalized spacial score (nSPS) is 18.0. The van der Waals surface area contributed by atoms with Crippen LogP contribution in [0, 0.1) is 0 Å². The first-order valence-electron chi connectivity index (χ1n) is 15.3. The number of benzene rings is 2. The third kappa shape index (κ3) is 9.48. The van der Waals surface area contributed by atoms with Gasteiger partial charge in [-0.1, -0.05) is 0 Å². The number of esters is 7. The smallest absolute Gasteiger partial charge is 0.308 e. The zero-order chi connectivity index (χ0) is 38.4. The molecule has 52 heavy (non-hydrogen) atoms. The van der Waals surface area contributed by atoms with Crippen LogP contribution in [0.5, 0.6) is 28.7 Å². The average molecular weight is 729 g/mol. The molecular weight excluding hydrogens is 696 g/mol. The van der Waals surface area contributed by atoms with Crippen LogP contribution < -0.4 is 29.1 Å². The molecule has 0 radical (unpaired) electrons. The molecule has 4 rings (SSSR count). The van der Waals surface area contributed by atoms with Crippen LogP contribution in [0.15, 0.2) is 39.5 Å². The third-order valence-electron chi connectivity index (χ3n) is 6.66. The minimum Gasteiger partial charge on any atom is -0.456 e. The predicted octanol–water partition coefficient (Wildman–Crippen LogP) is 2.69. The molecule has 2 heterocycles. The maximum absolute atomic E-state index is 14.4. The monoisotopic (exact) mass is 728 g/mol. The molecule has 0 saturated carbocycles. The summed E-state index contributed by atoms with van der Waals surface area (Å²) < 4.78 is 54.8. The van der Waals surface area contributed by atoms with Crippen LogP contribution in [0.3, 0.4) is 0 Å². The molecule has 2 aromatic carbocycles. The van der Waals surface area contributed by atoms with Crippen LogP contribution in [-0.4, -0.2) is 73.0 Å². The van der Waals surface area contributed by atoms with E-state index in [1.807, 2.05) is 0 Å². The highest BCUT2D eigenvalue weighted by atomic mass is 16.7. The lowest BCUT2D eigenvalue weighted by Crippen LogP contribution is -2.59. The molecule has 3 aromatic rings. The van der Waals surface area contributed by atoms with Gasteiger partial charge in [0.15, 0.2) is 29.5 Å². The quantitative estimate of drug-likeness (QED) is 0.166. The maximum Gasteiger partial charge on any atom is 0.308 e. The summed E-state index contributed by atoms with van der Waals surface area (Å²) in [6.45, 7) is 7.04. The van der Waals surface area contributed by atoms with Crippen molar-refractivity contribution in [2.24, 2.45) is 0 Å². The summed E-state index contributed by atoms with van der Waals surface area (Å²) in [5.41, 5.74) is -1.35. The van der Waals surface area contributed by atoms with E-state index in [1.165, 1.54) is 18.2 Å². The number of hydrogen-bond donors (Lipinski definition) is 0. The Morgan fingerprint density at radius 2 is 1.17 bits per heavy atom. The SMILES string of the molecule is CC(=O)Oc1cc(OC(C)=O)c2c(=O)c(O[C@@H]3OC[C@H](OC(C)=O)[C@H](OC(C)=O)[C@H]3OC(C)=O)c(-c3ccc(OC(C)=O)c(OC(C)=O)c3)oc2c1. The van der Waals surface area contributed by atoms with E-state index < -0.39 is 101 Å².